The van der Waals surface area contributed by atoms with Gasteiger partial charge < -0.3 is 0 Å². The van der Waals surface area contributed by atoms with E-state index in [4.69, 9.17) is 0 Å². The summed E-state index contributed by atoms with van der Waals surface area (Å²) in [4.78, 5) is 3.23. The molecule has 0 aliphatic rings. The van der Waals surface area contributed by atoms with Crippen LogP contribution in [0.5, 0.6) is 0 Å². The Morgan fingerprint density at radius 1 is 1.30 bits per heavy atom. The summed E-state index contributed by atoms with van der Waals surface area (Å²) in [5.74, 6) is 0. The van der Waals surface area contributed by atoms with E-state index >= 15 is 0 Å². The number of alkyl halides is 3. The summed E-state index contributed by atoms with van der Waals surface area (Å²) >= 11 is 0. The van der Waals surface area contributed by atoms with Gasteiger partial charge in [0.05, 0.1) is 0 Å². The Kier molecular flexibility index (Phi) is 3.00. The number of nitrogens with zero attached hydrogens (tertiary/aromatic N) is 2. The molecule has 0 spiro atoms. The van der Waals surface area contributed by atoms with Gasteiger partial charge in [-0.2, -0.15) is 0 Å². The molecule has 6 heteroatoms. The van der Waals surface area contributed by atoms with Crippen molar-refractivity contribution in [2.24, 2.45) is 0 Å². The molecule has 0 aliphatic carbocycles. The molecule has 0 amide bonds. The van der Waals surface area contributed by atoms with Crippen LogP contribution in [0.25, 0.3) is 0 Å². The minimum absolute atomic E-state index is 0. The van der Waals surface area contributed by atoms with Crippen LogP contribution in [0.1, 0.15) is 0 Å². The van der Waals surface area contributed by atoms with E-state index in [2.05, 4.69) is 4.98 Å². The summed E-state index contributed by atoms with van der Waals surface area (Å²) in [5, 5.41) is 0. The number of aromatic nitrogens is 2. The SMILES string of the molecule is FC(F)(F)n1ccnc1.[LiH]. The van der Waals surface area contributed by atoms with Gasteiger partial charge in [-0.25, -0.2) is 9.55 Å². The monoisotopic (exact) mass is 144 g/mol. The van der Waals surface area contributed by atoms with Crippen molar-refractivity contribution in [2.45, 2.75) is 6.30 Å². The molecule has 2 nitrogen and oxygen atoms in total. The van der Waals surface area contributed by atoms with Crippen LogP contribution in [0.3, 0.4) is 0 Å². The average molecular weight is 144 g/mol. The van der Waals surface area contributed by atoms with Crippen molar-refractivity contribution >= 4 is 18.9 Å². The molecule has 52 valence electrons. The molecule has 0 saturated carbocycles. The summed E-state index contributed by atoms with van der Waals surface area (Å²) < 4.78 is 34.7. The van der Waals surface area contributed by atoms with E-state index in [9.17, 15) is 13.2 Å². The Hall–Kier alpha value is -0.403. The van der Waals surface area contributed by atoms with E-state index in [0.29, 0.717) is 6.33 Å². The fourth-order valence-corrected chi connectivity index (χ4v) is 0.409. The van der Waals surface area contributed by atoms with Crippen LogP contribution in [-0.2, 0) is 6.30 Å². The number of halogens is 3. The van der Waals surface area contributed by atoms with E-state index in [1.165, 1.54) is 0 Å². The molecular formula is C4H4F3LiN2. The minimum atomic E-state index is -4.32. The second-order valence-electron chi connectivity index (χ2n) is 1.44. The number of rotatable bonds is 0. The molecule has 0 fully saturated rings. The molecule has 0 aromatic carbocycles. The fraction of sp³-hybridized carbons (Fsp3) is 0.250. The Balaban J connectivity index is 0.000000810. The Bertz CT molecular complexity index is 181. The van der Waals surface area contributed by atoms with Gasteiger partial charge in [0.1, 0.15) is 6.33 Å². The first-order valence-corrected chi connectivity index (χ1v) is 2.16. The Morgan fingerprint density at radius 2 is 1.90 bits per heavy atom. The first-order chi connectivity index (χ1) is 4.11. The molecule has 0 atom stereocenters. The van der Waals surface area contributed by atoms with Crippen LogP contribution in [0.2, 0.25) is 0 Å². The molecule has 0 aliphatic heterocycles. The molecule has 1 rings (SSSR count). The molecular weight excluding hydrogens is 140 g/mol. The van der Waals surface area contributed by atoms with Crippen LogP contribution in [0, 0.1) is 0 Å². The maximum absolute atomic E-state index is 11.5. The van der Waals surface area contributed by atoms with Crippen LogP contribution >= 0.6 is 0 Å². The molecule has 10 heavy (non-hydrogen) atoms. The number of hydrogen-bond donors (Lipinski definition) is 0. The van der Waals surface area contributed by atoms with Crippen molar-refractivity contribution in [2.75, 3.05) is 0 Å². The van der Waals surface area contributed by atoms with Gasteiger partial charge in [-0.1, -0.05) is 0 Å². The maximum atomic E-state index is 11.5. The summed E-state index contributed by atoms with van der Waals surface area (Å²) in [7, 11) is 0. The zero-order valence-electron chi connectivity index (χ0n) is 4.26. The predicted octanol–water partition coefficient (Wildman–Crippen LogP) is 0.711. The second kappa shape index (κ2) is 3.13. The van der Waals surface area contributed by atoms with Crippen molar-refractivity contribution in [1.82, 2.24) is 9.55 Å². The normalized spacial score (nSPS) is 10.7. The molecule has 0 N–H and O–H groups in total. The van der Waals surface area contributed by atoms with Crippen LogP contribution in [0.4, 0.5) is 13.2 Å². The Morgan fingerprint density at radius 3 is 2.10 bits per heavy atom. The number of imidazole rings is 1. The van der Waals surface area contributed by atoms with Crippen molar-refractivity contribution in [1.29, 1.82) is 0 Å². The first-order valence-electron chi connectivity index (χ1n) is 2.16. The molecule has 0 radical (unpaired) electrons. The summed E-state index contributed by atoms with van der Waals surface area (Å²) in [6.07, 6.45) is -1.69. The summed E-state index contributed by atoms with van der Waals surface area (Å²) in [6, 6.07) is 0. The van der Waals surface area contributed by atoms with Crippen molar-refractivity contribution in [3.8, 4) is 0 Å². The van der Waals surface area contributed by atoms with Gasteiger partial charge in [-0.05, 0) is 0 Å². The third-order valence-corrected chi connectivity index (χ3v) is 0.797. The van der Waals surface area contributed by atoms with Crippen LogP contribution < -0.4 is 0 Å². The first kappa shape index (κ1) is 9.60. The summed E-state index contributed by atoms with van der Waals surface area (Å²) in [6.45, 7) is 0. The van der Waals surface area contributed by atoms with Crippen LogP contribution in [0.15, 0.2) is 18.7 Å². The predicted molar refractivity (Wildman–Crippen MR) is 30.7 cm³/mol. The topological polar surface area (TPSA) is 17.8 Å². The zero-order valence-corrected chi connectivity index (χ0v) is 4.26. The van der Waals surface area contributed by atoms with Gasteiger partial charge in [0.2, 0.25) is 0 Å². The van der Waals surface area contributed by atoms with E-state index < -0.39 is 6.30 Å². The van der Waals surface area contributed by atoms with Crippen LogP contribution in [-0.4, -0.2) is 28.4 Å². The van der Waals surface area contributed by atoms with Gasteiger partial charge in [0.15, 0.2) is 0 Å². The quantitative estimate of drug-likeness (QED) is 0.490. The van der Waals surface area contributed by atoms with Gasteiger partial charge in [-0.3, -0.25) is 0 Å². The van der Waals surface area contributed by atoms with Gasteiger partial charge >= 0.3 is 25.2 Å². The molecule has 0 bridgehead atoms. The van der Waals surface area contributed by atoms with Gasteiger partial charge in [0, 0.05) is 12.4 Å². The summed E-state index contributed by atoms with van der Waals surface area (Å²) in [5.41, 5.74) is 0. The van der Waals surface area contributed by atoms with E-state index in [1.54, 1.807) is 0 Å². The molecule has 1 aromatic heterocycles. The number of hydrogen-bond acceptors (Lipinski definition) is 1. The average Bonchev–Trinajstić information content (AvgIpc) is 2.08. The van der Waals surface area contributed by atoms with Gasteiger partial charge in [-0.15, -0.1) is 13.2 Å². The molecule has 1 heterocycles. The van der Waals surface area contributed by atoms with Crippen molar-refractivity contribution in [3.05, 3.63) is 18.7 Å². The molecule has 0 saturated heterocycles. The standard InChI is InChI=1S/C4H3F3N2.Li.H/c5-4(6,7)9-2-1-8-3-9;;/h1-3H;;. The van der Waals surface area contributed by atoms with E-state index in [-0.39, 0.29) is 23.4 Å². The third-order valence-electron chi connectivity index (χ3n) is 0.797. The second-order valence-corrected chi connectivity index (χ2v) is 1.44. The van der Waals surface area contributed by atoms with Crippen molar-refractivity contribution in [3.63, 3.8) is 0 Å². The van der Waals surface area contributed by atoms with Crippen molar-refractivity contribution < 1.29 is 13.2 Å². The van der Waals surface area contributed by atoms with Gasteiger partial charge in [0.25, 0.3) is 0 Å². The van der Waals surface area contributed by atoms with E-state index in [0.717, 1.165) is 12.4 Å². The van der Waals surface area contributed by atoms with E-state index in [1.807, 2.05) is 0 Å². The Labute approximate surface area is 67.2 Å². The third kappa shape index (κ3) is 2.08. The molecule has 1 aromatic rings. The fourth-order valence-electron chi connectivity index (χ4n) is 0.409. The zero-order chi connectivity index (χ0) is 6.91. The molecule has 0 unspecified atom stereocenters.